The lowest BCUT2D eigenvalue weighted by Gasteiger charge is -2.04. The molecule has 0 bridgehead atoms. The van der Waals surface area contributed by atoms with Crippen LogP contribution in [0.25, 0.3) is 0 Å². The van der Waals surface area contributed by atoms with Crippen molar-refractivity contribution in [1.29, 1.82) is 0 Å². The first kappa shape index (κ1) is 10.2. The van der Waals surface area contributed by atoms with Gasteiger partial charge in [0, 0.05) is 16.6 Å². The van der Waals surface area contributed by atoms with Gasteiger partial charge in [-0.25, -0.2) is 0 Å². The van der Waals surface area contributed by atoms with E-state index in [-0.39, 0.29) is 17.7 Å². The number of hydrazine groups is 1. The predicted molar refractivity (Wildman–Crippen MR) is 56.8 cm³/mol. The van der Waals surface area contributed by atoms with Crippen LogP contribution in [0.5, 0.6) is 0 Å². The number of rotatable bonds is 2. The van der Waals surface area contributed by atoms with Gasteiger partial charge >= 0.3 is 0 Å². The first-order valence-electron chi connectivity index (χ1n) is 4.61. The summed E-state index contributed by atoms with van der Waals surface area (Å²) >= 11 is 3.22. The Balaban J connectivity index is 1.84. The standard InChI is InChI=1S/C9H10BrN3O2/c10-6-3-7(11-4-6)9(15)13-12-8(14)5-1-2-5/h3-5,11H,1-2H2,(H,12,14)(H,13,15). The van der Waals surface area contributed by atoms with E-state index in [9.17, 15) is 9.59 Å². The van der Waals surface area contributed by atoms with E-state index in [2.05, 4.69) is 31.8 Å². The molecule has 1 heterocycles. The fourth-order valence-electron chi connectivity index (χ4n) is 1.13. The van der Waals surface area contributed by atoms with E-state index in [0.29, 0.717) is 5.69 Å². The summed E-state index contributed by atoms with van der Waals surface area (Å²) in [5.41, 5.74) is 5.12. The molecule has 1 fully saturated rings. The van der Waals surface area contributed by atoms with E-state index in [1.54, 1.807) is 12.3 Å². The molecule has 5 nitrogen and oxygen atoms in total. The number of nitrogens with one attached hydrogen (secondary N) is 3. The zero-order valence-electron chi connectivity index (χ0n) is 7.84. The number of H-pyrrole nitrogens is 1. The Morgan fingerprint density at radius 1 is 1.40 bits per heavy atom. The Kier molecular flexibility index (Phi) is 2.77. The van der Waals surface area contributed by atoms with Gasteiger partial charge < -0.3 is 4.98 Å². The van der Waals surface area contributed by atoms with Crippen LogP contribution in [-0.2, 0) is 4.79 Å². The molecule has 0 spiro atoms. The summed E-state index contributed by atoms with van der Waals surface area (Å²) in [6, 6.07) is 1.64. The number of amides is 2. The Morgan fingerprint density at radius 3 is 2.67 bits per heavy atom. The normalized spacial score (nSPS) is 14.7. The van der Waals surface area contributed by atoms with Gasteiger partial charge in [-0.2, -0.15) is 0 Å². The van der Waals surface area contributed by atoms with Gasteiger partial charge in [0.2, 0.25) is 5.91 Å². The molecule has 2 amide bonds. The SMILES string of the molecule is O=C(NNC(=O)C1CC1)c1cc(Br)c[nH]1. The van der Waals surface area contributed by atoms with E-state index in [4.69, 9.17) is 0 Å². The Hall–Kier alpha value is -1.30. The third-order valence-electron chi connectivity index (χ3n) is 2.14. The lowest BCUT2D eigenvalue weighted by molar-refractivity contribution is -0.123. The minimum atomic E-state index is -0.352. The van der Waals surface area contributed by atoms with E-state index < -0.39 is 0 Å². The maximum absolute atomic E-state index is 11.4. The maximum Gasteiger partial charge on any atom is 0.286 e. The van der Waals surface area contributed by atoms with Gasteiger partial charge in [0.1, 0.15) is 5.69 Å². The zero-order chi connectivity index (χ0) is 10.8. The molecule has 1 saturated carbocycles. The van der Waals surface area contributed by atoms with Crippen molar-refractivity contribution in [2.75, 3.05) is 0 Å². The quantitative estimate of drug-likeness (QED) is 0.701. The van der Waals surface area contributed by atoms with Crippen molar-refractivity contribution in [3.8, 4) is 0 Å². The summed E-state index contributed by atoms with van der Waals surface area (Å²) in [5.74, 6) is -0.385. The van der Waals surface area contributed by atoms with E-state index in [0.717, 1.165) is 17.3 Å². The number of hydrogen-bond acceptors (Lipinski definition) is 2. The number of aromatic nitrogens is 1. The Labute approximate surface area is 94.7 Å². The molecule has 80 valence electrons. The van der Waals surface area contributed by atoms with Gasteiger partial charge in [0.05, 0.1) is 0 Å². The van der Waals surface area contributed by atoms with Crippen LogP contribution in [0.2, 0.25) is 0 Å². The molecule has 6 heteroatoms. The molecule has 0 saturated heterocycles. The van der Waals surface area contributed by atoms with Crippen LogP contribution in [0.4, 0.5) is 0 Å². The maximum atomic E-state index is 11.4. The molecule has 1 aromatic rings. The van der Waals surface area contributed by atoms with Crippen molar-refractivity contribution in [3.63, 3.8) is 0 Å². The summed E-state index contributed by atoms with van der Waals surface area (Å²) in [4.78, 5) is 25.4. The second-order valence-corrected chi connectivity index (χ2v) is 4.36. The largest absolute Gasteiger partial charge is 0.356 e. The molecule has 0 radical (unpaired) electrons. The molecular formula is C9H10BrN3O2. The summed E-state index contributed by atoms with van der Waals surface area (Å²) < 4.78 is 0.793. The molecule has 15 heavy (non-hydrogen) atoms. The van der Waals surface area contributed by atoms with Crippen LogP contribution < -0.4 is 10.9 Å². The highest BCUT2D eigenvalue weighted by molar-refractivity contribution is 9.10. The minimum Gasteiger partial charge on any atom is -0.356 e. The van der Waals surface area contributed by atoms with Gasteiger partial charge in [0.15, 0.2) is 0 Å². The van der Waals surface area contributed by atoms with Gasteiger partial charge in [0.25, 0.3) is 5.91 Å². The van der Waals surface area contributed by atoms with Crippen molar-refractivity contribution in [2.45, 2.75) is 12.8 Å². The molecule has 2 rings (SSSR count). The third-order valence-corrected chi connectivity index (χ3v) is 2.60. The molecule has 1 aromatic heterocycles. The highest BCUT2D eigenvalue weighted by Crippen LogP contribution is 2.28. The van der Waals surface area contributed by atoms with Crippen molar-refractivity contribution in [1.82, 2.24) is 15.8 Å². The summed E-state index contributed by atoms with van der Waals surface area (Å²) in [6.07, 6.45) is 3.48. The lowest BCUT2D eigenvalue weighted by atomic mass is 10.4. The van der Waals surface area contributed by atoms with Crippen LogP contribution in [0.15, 0.2) is 16.7 Å². The average molecular weight is 272 g/mol. The monoisotopic (exact) mass is 271 g/mol. The van der Waals surface area contributed by atoms with Gasteiger partial charge in [-0.3, -0.25) is 20.4 Å². The smallest absolute Gasteiger partial charge is 0.286 e. The average Bonchev–Trinajstić information content (AvgIpc) is 2.97. The molecule has 1 aliphatic carbocycles. The second-order valence-electron chi connectivity index (χ2n) is 3.45. The summed E-state index contributed by atoms with van der Waals surface area (Å²) in [5, 5.41) is 0. The van der Waals surface area contributed by atoms with Crippen LogP contribution in [0.1, 0.15) is 23.3 Å². The molecule has 3 N–H and O–H groups in total. The topological polar surface area (TPSA) is 74.0 Å². The fourth-order valence-corrected chi connectivity index (χ4v) is 1.48. The molecule has 0 aromatic carbocycles. The molecular weight excluding hydrogens is 262 g/mol. The van der Waals surface area contributed by atoms with Crippen molar-refractivity contribution >= 4 is 27.7 Å². The highest BCUT2D eigenvalue weighted by Gasteiger charge is 2.29. The van der Waals surface area contributed by atoms with E-state index in [1.807, 2.05) is 0 Å². The zero-order valence-corrected chi connectivity index (χ0v) is 9.43. The second kappa shape index (κ2) is 4.06. The molecule has 0 atom stereocenters. The number of halogens is 1. The van der Waals surface area contributed by atoms with Crippen LogP contribution in [-0.4, -0.2) is 16.8 Å². The van der Waals surface area contributed by atoms with Crippen LogP contribution in [0, 0.1) is 5.92 Å². The van der Waals surface area contributed by atoms with Gasteiger partial charge in [-0.15, -0.1) is 0 Å². The molecule has 0 unspecified atom stereocenters. The van der Waals surface area contributed by atoms with Crippen LogP contribution in [0.3, 0.4) is 0 Å². The Morgan fingerprint density at radius 2 is 2.13 bits per heavy atom. The summed E-state index contributed by atoms with van der Waals surface area (Å²) in [6.45, 7) is 0. The molecule has 0 aliphatic heterocycles. The van der Waals surface area contributed by atoms with Gasteiger partial charge in [-0.1, -0.05) is 0 Å². The Bertz CT molecular complexity index is 398. The number of aromatic amines is 1. The molecule has 1 aliphatic rings. The predicted octanol–water partition coefficient (Wildman–Crippen LogP) is 0.948. The first-order valence-corrected chi connectivity index (χ1v) is 5.40. The first-order chi connectivity index (χ1) is 7.16. The van der Waals surface area contributed by atoms with Crippen molar-refractivity contribution in [3.05, 3.63) is 22.4 Å². The highest BCUT2D eigenvalue weighted by atomic mass is 79.9. The number of hydrogen-bond donors (Lipinski definition) is 3. The van der Waals surface area contributed by atoms with E-state index >= 15 is 0 Å². The lowest BCUT2D eigenvalue weighted by Crippen LogP contribution is -2.42. The third kappa shape index (κ3) is 2.59. The van der Waals surface area contributed by atoms with Crippen molar-refractivity contribution < 1.29 is 9.59 Å². The number of carbonyl (C=O) groups is 2. The van der Waals surface area contributed by atoms with E-state index in [1.165, 1.54) is 0 Å². The minimum absolute atomic E-state index is 0.0840. The van der Waals surface area contributed by atoms with Crippen LogP contribution >= 0.6 is 15.9 Å². The summed E-state index contributed by atoms with van der Waals surface area (Å²) in [7, 11) is 0. The fraction of sp³-hybridized carbons (Fsp3) is 0.333. The number of carbonyl (C=O) groups excluding carboxylic acids is 2. The van der Waals surface area contributed by atoms with Crippen molar-refractivity contribution in [2.24, 2.45) is 5.92 Å². The van der Waals surface area contributed by atoms with Gasteiger partial charge in [-0.05, 0) is 34.8 Å².